The second-order valence-corrected chi connectivity index (χ2v) is 7.24. The Morgan fingerprint density at radius 2 is 1.77 bits per heavy atom. The van der Waals surface area contributed by atoms with Crippen LogP contribution in [0.1, 0.15) is 32.1 Å². The summed E-state index contributed by atoms with van der Waals surface area (Å²) in [6, 6.07) is 6.31. The first-order valence-corrected chi connectivity index (χ1v) is 8.00. The van der Waals surface area contributed by atoms with E-state index in [1.807, 2.05) is 0 Å². The highest BCUT2D eigenvalue weighted by Crippen LogP contribution is 2.56. The molecule has 0 aliphatic heterocycles. The lowest BCUT2D eigenvalue weighted by atomic mass is 9.53. The highest BCUT2D eigenvalue weighted by Gasteiger charge is 2.56. The maximum atomic E-state index is 12.1. The first-order chi connectivity index (χ1) is 10.5. The molecule has 5 rings (SSSR count). The van der Waals surface area contributed by atoms with Crippen molar-refractivity contribution < 1.29 is 19.7 Å². The molecular formula is C17H21NO4. The summed E-state index contributed by atoms with van der Waals surface area (Å²) in [6.07, 6.45) is 4.05. The summed E-state index contributed by atoms with van der Waals surface area (Å²) in [6.45, 7) is 0. The number of carbonyl (C=O) groups excluding carboxylic acids is 1. The average molecular weight is 303 g/mol. The summed E-state index contributed by atoms with van der Waals surface area (Å²) in [5, 5.41) is 22.5. The number of ether oxygens (including phenoxy) is 1. The highest BCUT2D eigenvalue weighted by atomic mass is 16.6. The van der Waals surface area contributed by atoms with Gasteiger partial charge in [-0.25, -0.2) is 4.79 Å². The van der Waals surface area contributed by atoms with Gasteiger partial charge in [-0.15, -0.1) is 0 Å². The normalized spacial score (nSPS) is 38.8. The number of hydrogen-bond acceptors (Lipinski definition) is 4. The third-order valence-electron chi connectivity index (χ3n) is 5.51. The van der Waals surface area contributed by atoms with Gasteiger partial charge in [0.05, 0.1) is 5.60 Å². The topological polar surface area (TPSA) is 78.8 Å². The van der Waals surface area contributed by atoms with Crippen molar-refractivity contribution in [2.24, 2.45) is 17.8 Å². The van der Waals surface area contributed by atoms with Crippen molar-refractivity contribution in [1.82, 2.24) is 0 Å². The summed E-state index contributed by atoms with van der Waals surface area (Å²) in [5.41, 5.74) is 0.0920. The average Bonchev–Trinajstić information content (AvgIpc) is 2.44. The fourth-order valence-electron chi connectivity index (χ4n) is 4.94. The molecule has 0 aromatic heterocycles. The van der Waals surface area contributed by atoms with Crippen LogP contribution in [-0.2, 0) is 4.74 Å². The smallest absolute Gasteiger partial charge is 0.411 e. The molecule has 2 unspecified atom stereocenters. The fraction of sp³-hybridized carbons (Fsp3) is 0.588. The number of carbonyl (C=O) groups is 1. The fourth-order valence-corrected chi connectivity index (χ4v) is 4.94. The number of hydrogen-bond donors (Lipinski definition) is 3. The zero-order valence-corrected chi connectivity index (χ0v) is 12.4. The standard InChI is InChI=1S/C17H21NO4/c19-14-3-1-13(2-4-14)18-16(20)22-15-11-5-10-6-12(15)9-17(21,7-10)8-11/h1-4,10-12,15,19,21H,5-9H2,(H,18,20). The molecular weight excluding hydrogens is 282 g/mol. The van der Waals surface area contributed by atoms with Crippen LogP contribution in [0.15, 0.2) is 24.3 Å². The largest absolute Gasteiger partial charge is 0.508 e. The van der Waals surface area contributed by atoms with Gasteiger partial charge in [-0.1, -0.05) is 0 Å². The van der Waals surface area contributed by atoms with Crippen LogP contribution in [0.4, 0.5) is 10.5 Å². The molecule has 4 bridgehead atoms. The predicted octanol–water partition coefficient (Wildman–Crippen LogP) is 2.88. The van der Waals surface area contributed by atoms with Crippen LogP contribution in [-0.4, -0.2) is 28.0 Å². The molecule has 4 fully saturated rings. The monoisotopic (exact) mass is 303 g/mol. The van der Waals surface area contributed by atoms with Gasteiger partial charge in [0.25, 0.3) is 0 Å². The van der Waals surface area contributed by atoms with E-state index in [0.717, 1.165) is 32.1 Å². The first kappa shape index (κ1) is 13.9. The molecule has 5 nitrogen and oxygen atoms in total. The van der Waals surface area contributed by atoms with Crippen LogP contribution in [0.3, 0.4) is 0 Å². The van der Waals surface area contributed by atoms with Gasteiger partial charge in [0.1, 0.15) is 11.9 Å². The van der Waals surface area contributed by atoms with E-state index in [4.69, 9.17) is 4.74 Å². The number of phenolic OH excluding ortho intramolecular Hbond substituents is 1. The van der Waals surface area contributed by atoms with Crippen molar-refractivity contribution in [2.75, 3.05) is 5.32 Å². The Kier molecular flexibility index (Phi) is 3.08. The van der Waals surface area contributed by atoms with E-state index in [2.05, 4.69) is 5.32 Å². The molecule has 5 heteroatoms. The summed E-state index contributed by atoms with van der Waals surface area (Å²) < 4.78 is 5.68. The summed E-state index contributed by atoms with van der Waals surface area (Å²) in [4.78, 5) is 12.1. The Labute approximate surface area is 129 Å². The molecule has 3 N–H and O–H groups in total. The number of amides is 1. The summed E-state index contributed by atoms with van der Waals surface area (Å²) >= 11 is 0. The summed E-state index contributed by atoms with van der Waals surface area (Å²) in [7, 11) is 0. The second-order valence-electron chi connectivity index (χ2n) is 7.24. The van der Waals surface area contributed by atoms with Gasteiger partial charge in [0.2, 0.25) is 0 Å². The molecule has 4 aliphatic rings. The number of rotatable bonds is 2. The summed E-state index contributed by atoms with van der Waals surface area (Å²) in [5.74, 6) is 1.35. The van der Waals surface area contributed by atoms with E-state index in [9.17, 15) is 15.0 Å². The van der Waals surface area contributed by atoms with Gasteiger partial charge in [-0.3, -0.25) is 5.32 Å². The van der Waals surface area contributed by atoms with Crippen molar-refractivity contribution in [3.8, 4) is 5.75 Å². The van der Waals surface area contributed by atoms with Crippen LogP contribution in [0.5, 0.6) is 5.75 Å². The lowest BCUT2D eigenvalue weighted by Gasteiger charge is -2.57. The quantitative estimate of drug-likeness (QED) is 0.734. The van der Waals surface area contributed by atoms with E-state index in [1.54, 1.807) is 12.1 Å². The molecule has 118 valence electrons. The molecule has 4 aliphatic carbocycles. The van der Waals surface area contributed by atoms with Crippen LogP contribution >= 0.6 is 0 Å². The number of benzene rings is 1. The number of phenols is 1. The minimum absolute atomic E-state index is 0.0751. The van der Waals surface area contributed by atoms with Gasteiger partial charge in [0, 0.05) is 5.69 Å². The molecule has 2 atom stereocenters. The minimum Gasteiger partial charge on any atom is -0.508 e. The molecule has 1 aromatic carbocycles. The SMILES string of the molecule is O=C(Nc1ccc(O)cc1)OC1C2CC3CC1CC(O)(C3)C2. The van der Waals surface area contributed by atoms with Crippen LogP contribution in [0.25, 0.3) is 0 Å². The minimum atomic E-state index is -0.510. The van der Waals surface area contributed by atoms with E-state index in [-0.39, 0.29) is 11.9 Å². The third kappa shape index (κ3) is 2.43. The molecule has 0 radical (unpaired) electrons. The van der Waals surface area contributed by atoms with Gasteiger partial charge >= 0.3 is 6.09 Å². The maximum Gasteiger partial charge on any atom is 0.411 e. The lowest BCUT2D eigenvalue weighted by Crippen LogP contribution is -2.58. The van der Waals surface area contributed by atoms with E-state index in [1.165, 1.54) is 12.1 Å². The Hall–Kier alpha value is -1.75. The zero-order valence-electron chi connectivity index (χ0n) is 12.4. The third-order valence-corrected chi connectivity index (χ3v) is 5.51. The first-order valence-electron chi connectivity index (χ1n) is 8.00. The van der Waals surface area contributed by atoms with Crippen molar-refractivity contribution in [3.63, 3.8) is 0 Å². The van der Waals surface area contributed by atoms with Crippen LogP contribution in [0.2, 0.25) is 0 Å². The Bertz CT molecular complexity index is 569. The molecule has 0 saturated heterocycles. The molecule has 0 spiro atoms. The number of aromatic hydroxyl groups is 1. The Balaban J connectivity index is 1.41. The van der Waals surface area contributed by atoms with Crippen molar-refractivity contribution in [3.05, 3.63) is 24.3 Å². The number of aliphatic hydroxyl groups is 1. The Morgan fingerprint density at radius 3 is 2.36 bits per heavy atom. The van der Waals surface area contributed by atoms with Crippen LogP contribution < -0.4 is 5.32 Å². The van der Waals surface area contributed by atoms with Crippen molar-refractivity contribution in [2.45, 2.75) is 43.8 Å². The van der Waals surface area contributed by atoms with Gasteiger partial charge in [-0.05, 0) is 74.1 Å². The van der Waals surface area contributed by atoms with E-state index < -0.39 is 11.7 Å². The van der Waals surface area contributed by atoms with Crippen molar-refractivity contribution in [1.29, 1.82) is 0 Å². The predicted molar refractivity (Wildman–Crippen MR) is 80.5 cm³/mol. The molecule has 1 aromatic rings. The maximum absolute atomic E-state index is 12.1. The van der Waals surface area contributed by atoms with Gasteiger partial charge in [-0.2, -0.15) is 0 Å². The number of anilines is 1. The second kappa shape index (κ2) is 4.88. The van der Waals surface area contributed by atoms with Gasteiger partial charge < -0.3 is 14.9 Å². The molecule has 1 amide bonds. The van der Waals surface area contributed by atoms with Crippen molar-refractivity contribution >= 4 is 11.8 Å². The molecule has 0 heterocycles. The lowest BCUT2D eigenvalue weighted by molar-refractivity contribution is -0.174. The zero-order chi connectivity index (χ0) is 15.3. The van der Waals surface area contributed by atoms with Gasteiger partial charge in [0.15, 0.2) is 0 Å². The van der Waals surface area contributed by atoms with E-state index >= 15 is 0 Å². The molecule has 4 saturated carbocycles. The van der Waals surface area contributed by atoms with E-state index in [0.29, 0.717) is 23.4 Å². The van der Waals surface area contributed by atoms with Crippen LogP contribution in [0, 0.1) is 17.8 Å². The molecule has 22 heavy (non-hydrogen) atoms. The number of nitrogens with one attached hydrogen (secondary N) is 1. The Morgan fingerprint density at radius 1 is 1.14 bits per heavy atom. The highest BCUT2D eigenvalue weighted by molar-refractivity contribution is 5.84.